The van der Waals surface area contributed by atoms with Gasteiger partial charge in [0.2, 0.25) is 0 Å². The molecule has 1 aliphatic heterocycles. The first-order valence-electron chi connectivity index (χ1n) is 5.00. The number of hydrogen-bond donors (Lipinski definition) is 1. The van der Waals surface area contributed by atoms with Crippen molar-refractivity contribution in [1.82, 2.24) is 19.5 Å². The van der Waals surface area contributed by atoms with Crippen LogP contribution in [0.15, 0.2) is 12.7 Å². The van der Waals surface area contributed by atoms with Gasteiger partial charge < -0.3 is 14.6 Å². The van der Waals surface area contributed by atoms with Crippen molar-refractivity contribution >= 4 is 22.8 Å². The molecule has 2 atom stereocenters. The van der Waals surface area contributed by atoms with Gasteiger partial charge in [0.15, 0.2) is 23.3 Å². The van der Waals surface area contributed by atoms with Crippen LogP contribution in [0.3, 0.4) is 0 Å². The minimum Gasteiger partial charge on any atom is -0.391 e. The zero-order valence-corrected chi connectivity index (χ0v) is 9.41. The predicted molar refractivity (Wildman–Crippen MR) is 57.3 cm³/mol. The Morgan fingerprint density at radius 2 is 2.35 bits per heavy atom. The van der Waals surface area contributed by atoms with E-state index in [0.29, 0.717) is 22.9 Å². The lowest BCUT2D eigenvalue weighted by Gasteiger charge is -2.10. The highest BCUT2D eigenvalue weighted by Crippen LogP contribution is 2.25. The molecule has 2 aromatic heterocycles. The van der Waals surface area contributed by atoms with Crippen molar-refractivity contribution in [3.63, 3.8) is 0 Å². The van der Waals surface area contributed by atoms with Crippen molar-refractivity contribution in [3.05, 3.63) is 17.8 Å². The number of halogens is 1. The fourth-order valence-corrected chi connectivity index (χ4v) is 1.90. The minimum atomic E-state index is -0.602. The van der Waals surface area contributed by atoms with E-state index in [0.717, 1.165) is 0 Å². The molecule has 90 valence electrons. The predicted octanol–water partition coefficient (Wildman–Crippen LogP) is 0.343. The van der Waals surface area contributed by atoms with Gasteiger partial charge in [-0.2, -0.15) is 0 Å². The molecule has 0 spiro atoms. The Morgan fingerprint density at radius 1 is 1.47 bits per heavy atom. The highest BCUT2D eigenvalue weighted by molar-refractivity contribution is 6.33. The average molecular weight is 257 g/mol. The van der Waals surface area contributed by atoms with Gasteiger partial charge in [-0.1, -0.05) is 11.6 Å². The molecule has 2 aromatic rings. The molecule has 0 amide bonds. The van der Waals surface area contributed by atoms with Gasteiger partial charge >= 0.3 is 0 Å². The number of imidazole rings is 1. The fraction of sp³-hybridized carbons (Fsp3) is 0.444. The van der Waals surface area contributed by atoms with E-state index < -0.39 is 6.29 Å². The second-order valence-corrected chi connectivity index (χ2v) is 3.88. The summed E-state index contributed by atoms with van der Waals surface area (Å²) in [4.78, 5) is 12.1. The molecule has 1 saturated heterocycles. The fourth-order valence-electron chi connectivity index (χ4n) is 1.72. The molecular formula is C9H9ClN4O3. The summed E-state index contributed by atoms with van der Waals surface area (Å²) >= 11 is 5.89. The summed E-state index contributed by atoms with van der Waals surface area (Å²) in [5.41, 5.74) is 1.10. The Labute approximate surface area is 101 Å². The normalized spacial score (nSPS) is 24.6. The van der Waals surface area contributed by atoms with Crippen LogP contribution in [0.5, 0.6) is 0 Å². The van der Waals surface area contributed by atoms with E-state index in [1.807, 2.05) is 0 Å². The molecule has 7 nitrogen and oxygen atoms in total. The first-order chi connectivity index (χ1) is 8.29. The third-order valence-electron chi connectivity index (χ3n) is 2.51. The van der Waals surface area contributed by atoms with E-state index in [-0.39, 0.29) is 12.8 Å². The van der Waals surface area contributed by atoms with Gasteiger partial charge in [0.25, 0.3) is 0 Å². The van der Waals surface area contributed by atoms with Gasteiger partial charge in [0.05, 0.1) is 19.5 Å². The SMILES string of the molecule is OCC1OC[C@@H](n2cnc3c(Cl)ncnc32)O1. The summed E-state index contributed by atoms with van der Waals surface area (Å²) in [6, 6.07) is 0. The van der Waals surface area contributed by atoms with Gasteiger partial charge in [-0.25, -0.2) is 15.0 Å². The maximum atomic E-state index is 8.92. The standard InChI is InChI=1S/C9H9ClN4O3/c10-8-7-9(12-3-11-8)14(4-13-7)5-2-16-6(1-15)17-5/h3-6,15H,1-2H2/t5-,6?/m0/s1. The summed E-state index contributed by atoms with van der Waals surface area (Å²) in [5.74, 6) is 0. The zero-order chi connectivity index (χ0) is 11.8. The maximum Gasteiger partial charge on any atom is 0.183 e. The summed E-state index contributed by atoms with van der Waals surface area (Å²) in [6.07, 6.45) is 1.97. The molecule has 0 aromatic carbocycles. The molecule has 0 bridgehead atoms. The van der Waals surface area contributed by atoms with E-state index in [9.17, 15) is 0 Å². The first kappa shape index (κ1) is 10.8. The van der Waals surface area contributed by atoms with Crippen molar-refractivity contribution in [3.8, 4) is 0 Å². The van der Waals surface area contributed by atoms with Gasteiger partial charge in [-0.3, -0.25) is 4.57 Å². The van der Waals surface area contributed by atoms with Crippen molar-refractivity contribution in [1.29, 1.82) is 0 Å². The molecule has 1 aliphatic rings. The number of hydrogen-bond acceptors (Lipinski definition) is 6. The largest absolute Gasteiger partial charge is 0.391 e. The highest BCUT2D eigenvalue weighted by Gasteiger charge is 2.28. The zero-order valence-electron chi connectivity index (χ0n) is 8.65. The van der Waals surface area contributed by atoms with Crippen LogP contribution < -0.4 is 0 Å². The van der Waals surface area contributed by atoms with Crippen LogP contribution >= 0.6 is 11.6 Å². The quantitative estimate of drug-likeness (QED) is 0.781. The lowest BCUT2D eigenvalue weighted by molar-refractivity contribution is -0.0980. The van der Waals surface area contributed by atoms with Crippen LogP contribution in [0.4, 0.5) is 0 Å². The van der Waals surface area contributed by atoms with E-state index >= 15 is 0 Å². The summed E-state index contributed by atoms with van der Waals surface area (Å²) in [5, 5.41) is 9.21. The number of nitrogens with zero attached hydrogens (tertiary/aromatic N) is 4. The topological polar surface area (TPSA) is 82.3 Å². The first-order valence-corrected chi connectivity index (χ1v) is 5.38. The monoisotopic (exact) mass is 256 g/mol. The van der Waals surface area contributed by atoms with Crippen LogP contribution in [-0.2, 0) is 9.47 Å². The molecule has 0 saturated carbocycles. The second kappa shape index (κ2) is 4.19. The Hall–Kier alpha value is -1.28. The van der Waals surface area contributed by atoms with Crippen molar-refractivity contribution in [2.45, 2.75) is 12.5 Å². The highest BCUT2D eigenvalue weighted by atomic mass is 35.5. The lowest BCUT2D eigenvalue weighted by atomic mass is 10.5. The Morgan fingerprint density at radius 3 is 3.12 bits per heavy atom. The minimum absolute atomic E-state index is 0.182. The molecule has 8 heteroatoms. The lowest BCUT2D eigenvalue weighted by Crippen LogP contribution is -2.15. The third-order valence-corrected chi connectivity index (χ3v) is 2.78. The molecule has 0 aliphatic carbocycles. The number of aromatic nitrogens is 4. The molecule has 0 radical (unpaired) electrons. The number of rotatable bonds is 2. The number of aliphatic hydroxyl groups excluding tert-OH is 1. The molecule has 17 heavy (non-hydrogen) atoms. The molecular weight excluding hydrogens is 248 g/mol. The van der Waals surface area contributed by atoms with Crippen LogP contribution in [0.1, 0.15) is 6.23 Å². The van der Waals surface area contributed by atoms with Crippen LogP contribution in [0, 0.1) is 0 Å². The van der Waals surface area contributed by atoms with E-state index in [1.54, 1.807) is 10.9 Å². The Bertz CT molecular complexity index is 546. The van der Waals surface area contributed by atoms with Crippen molar-refractivity contribution in [2.24, 2.45) is 0 Å². The average Bonchev–Trinajstić information content (AvgIpc) is 2.94. The van der Waals surface area contributed by atoms with E-state index in [2.05, 4.69) is 15.0 Å². The number of aliphatic hydroxyl groups is 1. The smallest absolute Gasteiger partial charge is 0.183 e. The molecule has 1 N–H and O–H groups in total. The second-order valence-electron chi connectivity index (χ2n) is 3.52. The third kappa shape index (κ3) is 1.77. The van der Waals surface area contributed by atoms with E-state index in [1.165, 1.54) is 6.33 Å². The van der Waals surface area contributed by atoms with Gasteiger partial charge in [0, 0.05) is 0 Å². The van der Waals surface area contributed by atoms with Gasteiger partial charge in [-0.15, -0.1) is 0 Å². The van der Waals surface area contributed by atoms with Crippen LogP contribution in [-0.4, -0.2) is 44.1 Å². The molecule has 3 rings (SSSR count). The molecule has 1 fully saturated rings. The summed E-state index contributed by atoms with van der Waals surface area (Å²) in [6.45, 7) is 0.150. The van der Waals surface area contributed by atoms with E-state index in [4.69, 9.17) is 26.2 Å². The van der Waals surface area contributed by atoms with Crippen molar-refractivity contribution < 1.29 is 14.6 Å². The Balaban J connectivity index is 1.99. The molecule has 3 heterocycles. The summed E-state index contributed by atoms with van der Waals surface area (Å²) < 4.78 is 12.4. The summed E-state index contributed by atoms with van der Waals surface area (Å²) in [7, 11) is 0. The number of fused-ring (bicyclic) bond motifs is 1. The molecule has 1 unspecified atom stereocenters. The van der Waals surface area contributed by atoms with Crippen LogP contribution in [0.25, 0.3) is 11.2 Å². The van der Waals surface area contributed by atoms with Gasteiger partial charge in [-0.05, 0) is 0 Å². The van der Waals surface area contributed by atoms with Gasteiger partial charge in [0.1, 0.15) is 11.8 Å². The Kier molecular flexibility index (Phi) is 2.67. The van der Waals surface area contributed by atoms with Crippen molar-refractivity contribution in [2.75, 3.05) is 13.2 Å². The maximum absolute atomic E-state index is 8.92. The number of ether oxygens (including phenoxy) is 2. The van der Waals surface area contributed by atoms with Crippen LogP contribution in [0.2, 0.25) is 5.15 Å².